The van der Waals surface area contributed by atoms with Gasteiger partial charge in [-0.25, -0.2) is 9.97 Å². The van der Waals surface area contributed by atoms with Crippen LogP contribution < -0.4 is 5.01 Å². The smallest absolute Gasteiger partial charge is 0.180 e. The van der Waals surface area contributed by atoms with Crippen LogP contribution in [-0.4, -0.2) is 22.7 Å². The number of halogens is 1. The molecule has 1 heterocycles. The van der Waals surface area contributed by atoms with E-state index in [-0.39, 0.29) is 0 Å². The predicted octanol–water partition coefficient (Wildman–Crippen LogP) is 4.02. The van der Waals surface area contributed by atoms with Crippen molar-refractivity contribution in [1.82, 2.24) is 9.97 Å². The van der Waals surface area contributed by atoms with E-state index < -0.39 is 0 Å². The zero-order chi connectivity index (χ0) is 16.1. The van der Waals surface area contributed by atoms with E-state index in [2.05, 4.69) is 9.97 Å². The van der Waals surface area contributed by atoms with Crippen molar-refractivity contribution in [3.8, 4) is 0 Å². The fourth-order valence-corrected chi connectivity index (χ4v) is 2.24. The lowest BCUT2D eigenvalue weighted by Crippen LogP contribution is -2.16. The summed E-state index contributed by atoms with van der Waals surface area (Å²) in [5, 5.41) is 7.18. The third-order valence-corrected chi connectivity index (χ3v) is 3.53. The zero-order valence-corrected chi connectivity index (χ0v) is 13.4. The van der Waals surface area contributed by atoms with E-state index in [1.165, 1.54) is 0 Å². The molecular formula is C18H15ClN4. The van der Waals surface area contributed by atoms with Gasteiger partial charge in [0.1, 0.15) is 5.71 Å². The van der Waals surface area contributed by atoms with Crippen LogP contribution in [0.15, 0.2) is 78.2 Å². The van der Waals surface area contributed by atoms with Crippen molar-refractivity contribution in [2.75, 3.05) is 12.1 Å². The highest BCUT2D eigenvalue weighted by Gasteiger charge is 2.12. The van der Waals surface area contributed by atoms with Gasteiger partial charge in [0, 0.05) is 30.0 Å². The summed E-state index contributed by atoms with van der Waals surface area (Å²) in [4.78, 5) is 8.65. The monoisotopic (exact) mass is 322 g/mol. The van der Waals surface area contributed by atoms with Crippen LogP contribution in [0.25, 0.3) is 0 Å². The number of anilines is 1. The predicted molar refractivity (Wildman–Crippen MR) is 94.0 cm³/mol. The Morgan fingerprint density at radius 3 is 2.22 bits per heavy atom. The Labute approximate surface area is 140 Å². The first-order valence-corrected chi connectivity index (χ1v) is 7.52. The second-order valence-corrected chi connectivity index (χ2v) is 5.32. The van der Waals surface area contributed by atoms with E-state index in [0.717, 1.165) is 11.3 Å². The molecule has 0 aliphatic rings. The summed E-state index contributed by atoms with van der Waals surface area (Å²) in [6.07, 6.45) is 3.41. The molecule has 0 saturated heterocycles. The van der Waals surface area contributed by atoms with Gasteiger partial charge in [-0.2, -0.15) is 5.10 Å². The average molecular weight is 323 g/mol. The van der Waals surface area contributed by atoms with Crippen molar-refractivity contribution in [3.05, 3.63) is 89.5 Å². The van der Waals surface area contributed by atoms with Crippen LogP contribution in [0, 0.1) is 0 Å². The number of aromatic nitrogens is 2. The third-order valence-electron chi connectivity index (χ3n) is 3.28. The molecule has 0 unspecified atom stereocenters. The zero-order valence-electron chi connectivity index (χ0n) is 12.6. The average Bonchev–Trinajstić information content (AvgIpc) is 2.62. The van der Waals surface area contributed by atoms with E-state index >= 15 is 0 Å². The summed E-state index contributed by atoms with van der Waals surface area (Å²) in [5.41, 5.74) is 2.58. The molecule has 0 radical (unpaired) electrons. The molecule has 0 aliphatic heterocycles. The molecule has 0 fully saturated rings. The Kier molecular flexibility index (Phi) is 4.64. The molecule has 114 valence electrons. The molecule has 1 aromatic heterocycles. The number of nitrogens with zero attached hydrogens (tertiary/aromatic N) is 4. The van der Waals surface area contributed by atoms with E-state index in [1.807, 2.05) is 61.6 Å². The fraction of sp³-hybridized carbons (Fsp3) is 0.0556. The van der Waals surface area contributed by atoms with Crippen molar-refractivity contribution in [2.45, 2.75) is 0 Å². The summed E-state index contributed by atoms with van der Waals surface area (Å²) in [7, 11) is 1.90. The largest absolute Gasteiger partial charge is 0.268 e. The van der Waals surface area contributed by atoms with Gasteiger partial charge in [0.25, 0.3) is 0 Å². The summed E-state index contributed by atoms with van der Waals surface area (Å²) in [6, 6.07) is 19.2. The minimum Gasteiger partial charge on any atom is -0.268 e. The Bertz CT molecular complexity index is 786. The van der Waals surface area contributed by atoms with Gasteiger partial charge < -0.3 is 0 Å². The van der Waals surface area contributed by atoms with E-state index in [0.29, 0.717) is 16.6 Å². The Morgan fingerprint density at radius 2 is 1.57 bits per heavy atom. The van der Waals surface area contributed by atoms with Crippen LogP contribution in [0.4, 0.5) is 5.69 Å². The van der Waals surface area contributed by atoms with Crippen molar-refractivity contribution in [1.29, 1.82) is 0 Å². The number of benzene rings is 2. The molecule has 3 rings (SSSR count). The molecule has 0 N–H and O–H groups in total. The molecule has 23 heavy (non-hydrogen) atoms. The third kappa shape index (κ3) is 3.73. The van der Waals surface area contributed by atoms with Gasteiger partial charge in [0.15, 0.2) is 5.82 Å². The van der Waals surface area contributed by atoms with Gasteiger partial charge >= 0.3 is 0 Å². The Balaban J connectivity index is 2.05. The van der Waals surface area contributed by atoms with Crippen LogP contribution in [-0.2, 0) is 0 Å². The molecule has 0 amide bonds. The maximum Gasteiger partial charge on any atom is 0.180 e. The second-order valence-electron chi connectivity index (χ2n) is 4.89. The van der Waals surface area contributed by atoms with E-state index in [1.54, 1.807) is 23.5 Å². The van der Waals surface area contributed by atoms with E-state index in [9.17, 15) is 0 Å². The normalized spacial score (nSPS) is 11.3. The lowest BCUT2D eigenvalue weighted by Gasteiger charge is -2.15. The van der Waals surface area contributed by atoms with Gasteiger partial charge in [-0.1, -0.05) is 41.9 Å². The maximum atomic E-state index is 5.98. The molecule has 0 bridgehead atoms. The SMILES string of the molecule is CN(/N=C(\c1ccc(Cl)cc1)c1ncccn1)c1ccccc1. The first kappa shape index (κ1) is 15.2. The number of para-hydroxylation sites is 1. The van der Waals surface area contributed by atoms with Crippen molar-refractivity contribution in [3.63, 3.8) is 0 Å². The van der Waals surface area contributed by atoms with Crippen molar-refractivity contribution in [2.24, 2.45) is 5.10 Å². The number of hydrogen-bond donors (Lipinski definition) is 0. The molecule has 0 aliphatic carbocycles. The number of hydrazone groups is 1. The van der Waals surface area contributed by atoms with Crippen LogP contribution in [0.1, 0.15) is 11.4 Å². The summed E-state index contributed by atoms with van der Waals surface area (Å²) < 4.78 is 0. The highest BCUT2D eigenvalue weighted by atomic mass is 35.5. The molecule has 0 saturated carbocycles. The topological polar surface area (TPSA) is 41.4 Å². The molecule has 0 spiro atoms. The highest BCUT2D eigenvalue weighted by Crippen LogP contribution is 2.16. The minimum atomic E-state index is 0.567. The molecule has 3 aromatic rings. The number of hydrogen-bond acceptors (Lipinski definition) is 4. The lowest BCUT2D eigenvalue weighted by molar-refractivity contribution is 1.00. The lowest BCUT2D eigenvalue weighted by atomic mass is 10.1. The molecular weight excluding hydrogens is 308 g/mol. The summed E-state index contributed by atoms with van der Waals surface area (Å²) in [5.74, 6) is 0.567. The molecule has 5 heteroatoms. The Morgan fingerprint density at radius 1 is 0.913 bits per heavy atom. The van der Waals surface area contributed by atoms with E-state index in [4.69, 9.17) is 16.7 Å². The fourth-order valence-electron chi connectivity index (χ4n) is 2.11. The first-order chi connectivity index (χ1) is 11.2. The Hall–Kier alpha value is -2.72. The van der Waals surface area contributed by atoms with Crippen LogP contribution >= 0.6 is 11.6 Å². The standard InChI is InChI=1S/C18H15ClN4/c1-23(16-6-3-2-4-7-16)22-17(18-20-12-5-13-21-18)14-8-10-15(19)11-9-14/h2-13H,1H3/b22-17+. The highest BCUT2D eigenvalue weighted by molar-refractivity contribution is 6.30. The van der Waals surface area contributed by atoms with Crippen molar-refractivity contribution < 1.29 is 0 Å². The summed E-state index contributed by atoms with van der Waals surface area (Å²) in [6.45, 7) is 0. The van der Waals surface area contributed by atoms with Crippen LogP contribution in [0.2, 0.25) is 5.02 Å². The molecule has 2 aromatic carbocycles. The first-order valence-electron chi connectivity index (χ1n) is 7.15. The van der Waals surface area contributed by atoms with Gasteiger partial charge in [-0.3, -0.25) is 5.01 Å². The van der Waals surface area contributed by atoms with Gasteiger partial charge in [0.2, 0.25) is 0 Å². The summed E-state index contributed by atoms with van der Waals surface area (Å²) >= 11 is 5.98. The quantitative estimate of drug-likeness (QED) is 0.538. The molecule has 0 atom stereocenters. The second kappa shape index (κ2) is 7.03. The van der Waals surface area contributed by atoms with Gasteiger partial charge in [0.05, 0.1) is 5.69 Å². The van der Waals surface area contributed by atoms with Crippen LogP contribution in [0.5, 0.6) is 0 Å². The number of rotatable bonds is 4. The molecule has 4 nitrogen and oxygen atoms in total. The maximum absolute atomic E-state index is 5.98. The van der Waals surface area contributed by atoms with Crippen LogP contribution in [0.3, 0.4) is 0 Å². The minimum absolute atomic E-state index is 0.567. The van der Waals surface area contributed by atoms with Gasteiger partial charge in [-0.05, 0) is 30.3 Å². The van der Waals surface area contributed by atoms with Gasteiger partial charge in [-0.15, -0.1) is 0 Å². The van der Waals surface area contributed by atoms with Crippen molar-refractivity contribution >= 4 is 23.0 Å².